The fourth-order valence-corrected chi connectivity index (χ4v) is 4.46. The van der Waals surface area contributed by atoms with Crippen molar-refractivity contribution in [1.29, 1.82) is 0 Å². The van der Waals surface area contributed by atoms with Crippen LogP contribution in [-0.4, -0.2) is 29.6 Å². The van der Waals surface area contributed by atoms with Gasteiger partial charge in [0.1, 0.15) is 0 Å². The highest BCUT2D eigenvalue weighted by Gasteiger charge is 2.39. The number of rotatable bonds is 3. The molecule has 2 N–H and O–H groups in total. The summed E-state index contributed by atoms with van der Waals surface area (Å²) in [6.07, 6.45) is 13.8. The third-order valence-electron chi connectivity index (χ3n) is 5.89. The van der Waals surface area contributed by atoms with Crippen LogP contribution in [0.5, 0.6) is 0 Å². The number of hydrogen-bond acceptors (Lipinski definition) is 2. The molecule has 0 bridgehead atoms. The average molecular weight is 266 g/mol. The van der Waals surface area contributed by atoms with Gasteiger partial charge >= 0.3 is 0 Å². The molecule has 2 aliphatic rings. The first-order valence-corrected chi connectivity index (χ1v) is 8.68. The highest BCUT2D eigenvalue weighted by atomic mass is 15.2. The standard InChI is InChI=1S/C17H34N2/c1-3-16-9-7-11-17(14-18,12-10-16)19-13-6-4-5-8-15(19)2/h15-16H,3-14,18H2,1-2H3. The van der Waals surface area contributed by atoms with E-state index in [2.05, 4.69) is 18.7 Å². The van der Waals surface area contributed by atoms with E-state index in [1.165, 1.54) is 70.8 Å². The molecule has 2 nitrogen and oxygen atoms in total. The van der Waals surface area contributed by atoms with Crippen molar-refractivity contribution >= 4 is 0 Å². The smallest absolute Gasteiger partial charge is 0.0334 e. The molecular weight excluding hydrogens is 232 g/mol. The molecule has 0 radical (unpaired) electrons. The maximum absolute atomic E-state index is 6.30. The summed E-state index contributed by atoms with van der Waals surface area (Å²) in [7, 11) is 0. The van der Waals surface area contributed by atoms with Crippen molar-refractivity contribution in [2.75, 3.05) is 13.1 Å². The fraction of sp³-hybridized carbons (Fsp3) is 1.00. The van der Waals surface area contributed by atoms with Crippen molar-refractivity contribution in [1.82, 2.24) is 4.90 Å². The van der Waals surface area contributed by atoms with Crippen LogP contribution in [0.1, 0.15) is 78.1 Å². The molecule has 1 saturated heterocycles. The van der Waals surface area contributed by atoms with Gasteiger partial charge in [0.05, 0.1) is 0 Å². The zero-order valence-corrected chi connectivity index (χ0v) is 13.2. The van der Waals surface area contributed by atoms with E-state index >= 15 is 0 Å². The quantitative estimate of drug-likeness (QED) is 0.784. The van der Waals surface area contributed by atoms with Gasteiger partial charge in [-0.3, -0.25) is 4.90 Å². The number of nitrogens with two attached hydrogens (primary N) is 1. The molecule has 2 fully saturated rings. The van der Waals surface area contributed by atoms with Crippen LogP contribution in [0, 0.1) is 5.92 Å². The van der Waals surface area contributed by atoms with Crippen LogP contribution in [0.15, 0.2) is 0 Å². The lowest BCUT2D eigenvalue weighted by Gasteiger charge is -2.46. The summed E-state index contributed by atoms with van der Waals surface area (Å²) in [6, 6.07) is 0.740. The Hall–Kier alpha value is -0.0800. The molecule has 0 aromatic heterocycles. The molecular formula is C17H34N2. The van der Waals surface area contributed by atoms with E-state index in [4.69, 9.17) is 5.73 Å². The average Bonchev–Trinajstić information content (AvgIpc) is 2.77. The molecule has 1 aliphatic carbocycles. The molecule has 3 unspecified atom stereocenters. The van der Waals surface area contributed by atoms with Gasteiger partial charge in [-0.05, 0) is 51.5 Å². The minimum Gasteiger partial charge on any atom is -0.329 e. The predicted molar refractivity (Wildman–Crippen MR) is 83.3 cm³/mol. The molecule has 0 spiro atoms. The molecule has 0 amide bonds. The number of nitrogens with zero attached hydrogens (tertiary/aromatic N) is 1. The molecule has 1 saturated carbocycles. The van der Waals surface area contributed by atoms with Gasteiger partial charge in [0.2, 0.25) is 0 Å². The van der Waals surface area contributed by atoms with E-state index in [1.807, 2.05) is 0 Å². The summed E-state index contributed by atoms with van der Waals surface area (Å²) in [5.74, 6) is 0.954. The van der Waals surface area contributed by atoms with Crippen LogP contribution in [0.25, 0.3) is 0 Å². The van der Waals surface area contributed by atoms with Crippen molar-refractivity contribution in [3.8, 4) is 0 Å². The Morgan fingerprint density at radius 2 is 1.89 bits per heavy atom. The van der Waals surface area contributed by atoms with Crippen molar-refractivity contribution in [2.24, 2.45) is 11.7 Å². The monoisotopic (exact) mass is 266 g/mol. The second kappa shape index (κ2) is 7.08. The lowest BCUT2D eigenvalue weighted by Crippen LogP contribution is -2.56. The molecule has 19 heavy (non-hydrogen) atoms. The molecule has 1 aliphatic heterocycles. The zero-order chi connectivity index (χ0) is 13.7. The molecule has 2 rings (SSSR count). The Balaban J connectivity index is 2.11. The Kier molecular flexibility index (Phi) is 5.70. The second-order valence-electron chi connectivity index (χ2n) is 7.03. The van der Waals surface area contributed by atoms with E-state index in [1.54, 1.807) is 0 Å². The van der Waals surface area contributed by atoms with E-state index in [0.29, 0.717) is 5.54 Å². The lowest BCUT2D eigenvalue weighted by atomic mass is 9.86. The van der Waals surface area contributed by atoms with Crippen molar-refractivity contribution < 1.29 is 0 Å². The SMILES string of the molecule is CCC1CCCC(CN)(N2CCCCCC2C)CC1. The lowest BCUT2D eigenvalue weighted by molar-refractivity contribution is 0.0430. The summed E-state index contributed by atoms with van der Waals surface area (Å²) in [5.41, 5.74) is 6.62. The van der Waals surface area contributed by atoms with Crippen molar-refractivity contribution in [3.05, 3.63) is 0 Å². The van der Waals surface area contributed by atoms with Crippen LogP contribution >= 0.6 is 0 Å². The molecule has 0 aromatic carbocycles. The van der Waals surface area contributed by atoms with Gasteiger partial charge in [0.15, 0.2) is 0 Å². The molecule has 0 aromatic rings. The summed E-state index contributed by atoms with van der Waals surface area (Å²) in [6.45, 7) is 6.95. The van der Waals surface area contributed by atoms with E-state index in [9.17, 15) is 0 Å². The van der Waals surface area contributed by atoms with Crippen LogP contribution in [0.2, 0.25) is 0 Å². The summed E-state index contributed by atoms with van der Waals surface area (Å²) >= 11 is 0. The maximum Gasteiger partial charge on any atom is 0.0334 e. The largest absolute Gasteiger partial charge is 0.329 e. The van der Waals surface area contributed by atoms with Gasteiger partial charge in [-0.2, -0.15) is 0 Å². The van der Waals surface area contributed by atoms with Gasteiger partial charge in [-0.1, -0.05) is 39.0 Å². The third-order valence-corrected chi connectivity index (χ3v) is 5.89. The minimum atomic E-state index is 0.327. The minimum absolute atomic E-state index is 0.327. The molecule has 1 heterocycles. The van der Waals surface area contributed by atoms with Gasteiger partial charge in [0, 0.05) is 18.1 Å². The zero-order valence-electron chi connectivity index (χ0n) is 13.2. The topological polar surface area (TPSA) is 29.3 Å². The van der Waals surface area contributed by atoms with E-state index in [0.717, 1.165) is 18.5 Å². The Morgan fingerprint density at radius 1 is 1.05 bits per heavy atom. The summed E-state index contributed by atoms with van der Waals surface area (Å²) in [4.78, 5) is 2.82. The normalized spacial score (nSPS) is 38.7. The van der Waals surface area contributed by atoms with Gasteiger partial charge in [0.25, 0.3) is 0 Å². The van der Waals surface area contributed by atoms with Gasteiger partial charge < -0.3 is 5.73 Å². The first-order valence-electron chi connectivity index (χ1n) is 8.68. The molecule has 112 valence electrons. The van der Waals surface area contributed by atoms with Crippen molar-refractivity contribution in [2.45, 2.75) is 89.6 Å². The van der Waals surface area contributed by atoms with Crippen LogP contribution in [-0.2, 0) is 0 Å². The molecule has 2 heteroatoms. The summed E-state index contributed by atoms with van der Waals surface area (Å²) in [5, 5.41) is 0. The first kappa shape index (κ1) is 15.3. The van der Waals surface area contributed by atoms with E-state index in [-0.39, 0.29) is 0 Å². The Labute approximate surface area is 120 Å². The van der Waals surface area contributed by atoms with Crippen molar-refractivity contribution in [3.63, 3.8) is 0 Å². The van der Waals surface area contributed by atoms with E-state index < -0.39 is 0 Å². The van der Waals surface area contributed by atoms with Crippen LogP contribution < -0.4 is 5.73 Å². The number of hydrogen-bond donors (Lipinski definition) is 1. The molecule has 3 atom stereocenters. The summed E-state index contributed by atoms with van der Waals surface area (Å²) < 4.78 is 0. The Morgan fingerprint density at radius 3 is 2.63 bits per heavy atom. The van der Waals surface area contributed by atoms with Crippen LogP contribution in [0.3, 0.4) is 0 Å². The maximum atomic E-state index is 6.30. The first-order chi connectivity index (χ1) is 9.22. The Bertz CT molecular complexity index is 266. The van der Waals surface area contributed by atoms with Gasteiger partial charge in [-0.25, -0.2) is 0 Å². The van der Waals surface area contributed by atoms with Gasteiger partial charge in [-0.15, -0.1) is 0 Å². The predicted octanol–water partition coefficient (Wildman–Crippen LogP) is 3.94. The highest BCUT2D eigenvalue weighted by Crippen LogP contribution is 2.38. The third kappa shape index (κ3) is 3.52. The van der Waals surface area contributed by atoms with Crippen LogP contribution in [0.4, 0.5) is 0 Å². The number of likely N-dealkylation sites (tertiary alicyclic amines) is 1. The highest BCUT2D eigenvalue weighted by molar-refractivity contribution is 4.96. The fourth-order valence-electron chi connectivity index (χ4n) is 4.46. The second-order valence-corrected chi connectivity index (χ2v) is 7.03.